The van der Waals surface area contributed by atoms with Gasteiger partial charge in [-0.2, -0.15) is 28.2 Å². The van der Waals surface area contributed by atoms with Gasteiger partial charge in [0.05, 0.1) is 53.4 Å². The van der Waals surface area contributed by atoms with Crippen LogP contribution >= 0.6 is 11.6 Å². The Morgan fingerprint density at radius 3 is 2.41 bits per heavy atom. The van der Waals surface area contributed by atoms with E-state index in [1.807, 2.05) is 62.1 Å². The molecule has 0 unspecified atom stereocenters. The van der Waals surface area contributed by atoms with Crippen LogP contribution in [-0.4, -0.2) is 137 Å². The molecule has 4 aromatic heterocycles. The second kappa shape index (κ2) is 22.8. The number of alkyl halides is 3. The number of aliphatic hydroxyl groups is 2. The number of anilines is 1. The van der Waals surface area contributed by atoms with Crippen LogP contribution in [0.15, 0.2) is 91.4 Å². The SMILES string of the molecule is CO[C@@H](C)COc1nc(N2C[C@@H]3C[C@H]2CN3)c2cc(C(F)(F)F)c(-c3c(Cl)c(F)cc4[nH]ncc34)c(OCc3ccc(-c4cn([C@H](C(=O)N5C[C@H](O)C[C@H]5C(=O)N[C@@H](CO)c5ccc(-c6cccnc6C)cc5)C(C)C)nn4)cc3)c2n1. The van der Waals surface area contributed by atoms with Gasteiger partial charge in [0.15, 0.2) is 5.75 Å². The fourth-order valence-electron chi connectivity index (χ4n) is 11.3. The summed E-state index contributed by atoms with van der Waals surface area (Å²) in [7, 11) is 1.51. The third kappa shape index (κ3) is 10.9. The number of carbonyl (C=O) groups is 2. The number of benzene rings is 4. The molecule has 24 heteroatoms. The van der Waals surface area contributed by atoms with E-state index in [9.17, 15) is 19.8 Å². The first-order chi connectivity index (χ1) is 39.4. The number of aromatic amines is 1. The lowest BCUT2D eigenvalue weighted by Gasteiger charge is -2.30. The third-order valence-corrected chi connectivity index (χ3v) is 16.0. The maximum absolute atomic E-state index is 15.8. The number of methoxy groups -OCH3 is 1. The van der Waals surface area contributed by atoms with Crippen LogP contribution in [0.1, 0.15) is 68.1 Å². The zero-order valence-corrected chi connectivity index (χ0v) is 46.0. The lowest BCUT2D eigenvalue weighted by atomic mass is 9.93. The number of H-pyrrole nitrogens is 1. The number of pyridine rings is 1. The van der Waals surface area contributed by atoms with Gasteiger partial charge in [-0.15, -0.1) is 5.10 Å². The second-order valence-corrected chi connectivity index (χ2v) is 21.8. The number of aliphatic hydroxyl groups excluding tert-OH is 2. The summed E-state index contributed by atoms with van der Waals surface area (Å²) in [6.45, 7) is 7.56. The standard InChI is InChI=1S/C58H59ClF4N12O7/c1-29(2)52(56(79)74-24-38(77)18-47(74)55(78)67-46(26-76)35-14-12-33(13-15-35)39-7-6-16-64-31(39)4)75-25-45(71-72-75)34-10-8-32(9-11-34)28-81-53-49(48-41-22-66-70-44(41)20-43(60)50(48)59)42(58(61,62)63)19-40-51(53)68-57(82-27-30(3)80-5)69-54(40)73-23-36-17-37(73)21-65-36/h6-16,19-20,22,25,29-30,36-38,46-47,52,65,76-77H,17-18,21,23-24,26-28H2,1-5H3,(H,66,70)(H,67,78)/t30-,36-,37-,38+,46-,47-,52-/m0/s1. The summed E-state index contributed by atoms with van der Waals surface area (Å²) in [6, 6.07) is 17.1. The van der Waals surface area contributed by atoms with Crippen LogP contribution in [0.25, 0.3) is 55.3 Å². The Labute approximate surface area is 473 Å². The molecule has 0 saturated carbocycles. The fraction of sp³-hybridized carbons (Fsp3) is 0.379. The van der Waals surface area contributed by atoms with Gasteiger partial charge in [-0.05, 0) is 55.0 Å². The minimum absolute atomic E-state index is 0.0122. The molecular formula is C58H59ClF4N12O7. The van der Waals surface area contributed by atoms with E-state index in [1.54, 1.807) is 43.6 Å². The van der Waals surface area contributed by atoms with Crippen LogP contribution in [0.4, 0.5) is 23.4 Å². The minimum Gasteiger partial charge on any atom is -0.486 e. The van der Waals surface area contributed by atoms with Crippen LogP contribution in [0, 0.1) is 18.7 Å². The molecule has 7 heterocycles. The number of nitrogens with one attached hydrogen (secondary N) is 3. The van der Waals surface area contributed by atoms with Gasteiger partial charge in [-0.25, -0.2) is 9.07 Å². The number of hydrogen-bond acceptors (Lipinski definition) is 15. The van der Waals surface area contributed by atoms with E-state index >= 15 is 17.6 Å². The van der Waals surface area contributed by atoms with E-state index in [2.05, 4.69) is 36.1 Å². The first kappa shape index (κ1) is 56.1. The van der Waals surface area contributed by atoms with Crippen LogP contribution in [-0.2, 0) is 27.1 Å². The van der Waals surface area contributed by atoms with E-state index in [4.69, 9.17) is 35.8 Å². The number of β-amino-alcohol motifs (C(OH)–C–C–N with tert-alkyl or cyclic N) is 1. The van der Waals surface area contributed by atoms with Gasteiger partial charge in [-0.3, -0.25) is 19.7 Å². The van der Waals surface area contributed by atoms with Crippen molar-refractivity contribution < 1.29 is 51.6 Å². The van der Waals surface area contributed by atoms with Crippen molar-refractivity contribution in [1.29, 1.82) is 0 Å². The average molecular weight is 1150 g/mol. The quantitative estimate of drug-likeness (QED) is 0.0510. The first-order valence-corrected chi connectivity index (χ1v) is 27.2. The maximum atomic E-state index is 15.8. The molecule has 3 aliphatic heterocycles. The summed E-state index contributed by atoms with van der Waals surface area (Å²) in [5, 5.41) is 42.6. The Morgan fingerprint density at radius 2 is 1.73 bits per heavy atom. The molecule has 82 heavy (non-hydrogen) atoms. The van der Waals surface area contributed by atoms with E-state index in [0.717, 1.165) is 35.4 Å². The largest absolute Gasteiger partial charge is 0.486 e. The maximum Gasteiger partial charge on any atom is 0.417 e. The molecule has 0 spiro atoms. The molecule has 7 atom stereocenters. The molecule has 0 aliphatic carbocycles. The number of nitrogens with zero attached hydrogens (tertiary/aromatic N) is 9. The number of halogens is 5. The molecule has 19 nitrogen and oxygen atoms in total. The zero-order valence-electron chi connectivity index (χ0n) is 45.3. The zero-order chi connectivity index (χ0) is 57.7. The van der Waals surface area contributed by atoms with Crippen molar-refractivity contribution in [3.63, 3.8) is 0 Å². The Hall–Kier alpha value is -7.83. The monoisotopic (exact) mass is 1150 g/mol. The van der Waals surface area contributed by atoms with Crippen molar-refractivity contribution in [2.45, 2.75) is 95.7 Å². The summed E-state index contributed by atoms with van der Waals surface area (Å²) in [6.07, 6.45) is -1.11. The van der Waals surface area contributed by atoms with Gasteiger partial charge < -0.3 is 44.9 Å². The first-order valence-electron chi connectivity index (χ1n) is 26.9. The number of likely N-dealkylation sites (tertiary alicyclic amines) is 1. The molecule has 4 aromatic carbocycles. The molecule has 3 aliphatic rings. The number of ether oxygens (including phenoxy) is 3. The van der Waals surface area contributed by atoms with Gasteiger partial charge in [0.2, 0.25) is 11.8 Å². The summed E-state index contributed by atoms with van der Waals surface area (Å²) < 4.78 is 82.7. The number of aryl methyl sites for hydroxylation is 1. The van der Waals surface area contributed by atoms with Crippen LogP contribution in [0.5, 0.6) is 11.8 Å². The van der Waals surface area contributed by atoms with Gasteiger partial charge in [0.1, 0.15) is 48.1 Å². The van der Waals surface area contributed by atoms with Gasteiger partial charge in [0, 0.05) is 96.2 Å². The van der Waals surface area contributed by atoms with Crippen LogP contribution in [0.2, 0.25) is 5.02 Å². The Kier molecular flexibility index (Phi) is 15.6. The summed E-state index contributed by atoms with van der Waals surface area (Å²) in [4.78, 5) is 45.7. The highest BCUT2D eigenvalue weighted by atomic mass is 35.5. The normalized spacial score (nSPS) is 19.1. The molecule has 0 radical (unpaired) electrons. The Morgan fingerprint density at radius 1 is 0.963 bits per heavy atom. The number of piperazine rings is 1. The summed E-state index contributed by atoms with van der Waals surface area (Å²) in [5.74, 6) is -2.50. The molecule has 11 rings (SSSR count). The lowest BCUT2D eigenvalue weighted by Crippen LogP contribution is -2.50. The van der Waals surface area contributed by atoms with Gasteiger partial charge >= 0.3 is 12.2 Å². The van der Waals surface area contributed by atoms with E-state index in [1.165, 1.54) is 22.9 Å². The minimum atomic E-state index is -5.04. The molecule has 428 valence electrons. The number of fused-ring (bicyclic) bond motifs is 4. The van der Waals surface area contributed by atoms with E-state index < -0.39 is 76.9 Å². The molecule has 5 N–H and O–H groups in total. The van der Waals surface area contributed by atoms with Gasteiger partial charge in [-0.1, -0.05) is 85.3 Å². The average Bonchev–Trinajstić information content (AvgIpc) is 4.51. The second-order valence-electron chi connectivity index (χ2n) is 21.4. The molecule has 8 aromatic rings. The highest BCUT2D eigenvalue weighted by Gasteiger charge is 2.45. The Bertz CT molecular complexity index is 3680. The van der Waals surface area contributed by atoms with Crippen LogP contribution < -0.4 is 25.0 Å². The highest BCUT2D eigenvalue weighted by Crippen LogP contribution is 2.52. The Balaban J connectivity index is 0.878. The van der Waals surface area contributed by atoms with E-state index in [0.29, 0.717) is 35.5 Å². The lowest BCUT2D eigenvalue weighted by molar-refractivity contribution is -0.142. The number of carbonyl (C=O) groups excluding carboxylic acids is 2. The van der Waals surface area contributed by atoms with Crippen molar-refractivity contribution in [3.8, 4) is 45.3 Å². The highest BCUT2D eigenvalue weighted by molar-refractivity contribution is 6.35. The number of hydrogen-bond donors (Lipinski definition) is 5. The molecular weight excluding hydrogens is 1090 g/mol. The topological polar surface area (TPSA) is 231 Å². The van der Waals surface area contributed by atoms with Crippen molar-refractivity contribution in [2.75, 3.05) is 44.9 Å². The molecule has 3 fully saturated rings. The van der Waals surface area contributed by atoms with Crippen molar-refractivity contribution in [2.24, 2.45) is 5.92 Å². The molecule has 2 amide bonds. The number of aromatic nitrogens is 8. The fourth-order valence-corrected chi connectivity index (χ4v) is 11.5. The third-order valence-electron chi connectivity index (χ3n) is 15.6. The number of rotatable bonds is 18. The van der Waals surface area contributed by atoms with Crippen molar-refractivity contribution in [1.82, 2.24) is 55.7 Å². The van der Waals surface area contributed by atoms with Gasteiger partial charge in [0.25, 0.3) is 0 Å². The van der Waals surface area contributed by atoms with Crippen LogP contribution in [0.3, 0.4) is 0 Å². The predicted octanol–water partition coefficient (Wildman–Crippen LogP) is 8.17. The number of amides is 2. The van der Waals surface area contributed by atoms with E-state index in [-0.39, 0.29) is 89.1 Å². The molecule has 3 saturated heterocycles. The predicted molar refractivity (Wildman–Crippen MR) is 296 cm³/mol. The van der Waals surface area contributed by atoms with Crippen molar-refractivity contribution >= 4 is 51.0 Å². The molecule has 2 bridgehead atoms. The smallest absolute Gasteiger partial charge is 0.417 e. The van der Waals surface area contributed by atoms with Crippen molar-refractivity contribution in [3.05, 3.63) is 125 Å². The summed E-state index contributed by atoms with van der Waals surface area (Å²) in [5.41, 5.74) is 2.83. The summed E-state index contributed by atoms with van der Waals surface area (Å²) >= 11 is 6.69.